The highest BCUT2D eigenvalue weighted by Crippen LogP contribution is 2.09. The SMILES string of the molecule is CC(=O)[C@H]1CCCN1.COC1CNC(C(C)=O)C1. The molecule has 0 bridgehead atoms. The number of hydrogen-bond acceptors (Lipinski definition) is 5. The van der Waals surface area contributed by atoms with Gasteiger partial charge in [0.15, 0.2) is 0 Å². The van der Waals surface area contributed by atoms with E-state index in [-0.39, 0.29) is 29.8 Å². The zero-order chi connectivity index (χ0) is 13.5. The Morgan fingerprint density at radius 2 is 1.78 bits per heavy atom. The standard InChI is InChI=1S/C7H13NO2.C6H11NO/c1-5(9)7-3-6(10-2)4-8-7;1-5(8)6-3-2-4-7-6/h6-8H,3-4H2,1-2H3;6-7H,2-4H2,1H3/t;6-/m.1/s1. The van der Waals surface area contributed by atoms with Crippen LogP contribution in [-0.2, 0) is 14.3 Å². The Bertz CT molecular complexity index is 288. The van der Waals surface area contributed by atoms with Crippen molar-refractivity contribution in [2.45, 2.75) is 51.3 Å². The minimum Gasteiger partial charge on any atom is -0.380 e. The third-order valence-electron chi connectivity index (χ3n) is 3.47. The van der Waals surface area contributed by atoms with Crippen molar-refractivity contribution in [1.29, 1.82) is 0 Å². The van der Waals surface area contributed by atoms with E-state index < -0.39 is 0 Å². The maximum Gasteiger partial charge on any atom is 0.146 e. The highest BCUT2D eigenvalue weighted by Gasteiger charge is 2.26. The van der Waals surface area contributed by atoms with Gasteiger partial charge in [-0.05, 0) is 39.7 Å². The summed E-state index contributed by atoms with van der Waals surface area (Å²) in [5.41, 5.74) is 0. The second kappa shape index (κ2) is 7.61. The van der Waals surface area contributed by atoms with E-state index in [2.05, 4.69) is 10.6 Å². The molecule has 2 heterocycles. The Morgan fingerprint density at radius 1 is 1.11 bits per heavy atom. The molecule has 2 aliphatic rings. The van der Waals surface area contributed by atoms with Crippen LogP contribution < -0.4 is 10.6 Å². The minimum atomic E-state index is 0.0324. The molecule has 0 aliphatic carbocycles. The molecule has 2 aliphatic heterocycles. The molecule has 2 N–H and O–H groups in total. The third kappa shape index (κ3) is 4.84. The van der Waals surface area contributed by atoms with Gasteiger partial charge < -0.3 is 15.4 Å². The molecule has 0 radical (unpaired) electrons. The van der Waals surface area contributed by atoms with Crippen molar-refractivity contribution >= 4 is 11.6 Å². The van der Waals surface area contributed by atoms with Crippen LogP contribution >= 0.6 is 0 Å². The van der Waals surface area contributed by atoms with Gasteiger partial charge in [-0.15, -0.1) is 0 Å². The van der Waals surface area contributed by atoms with Gasteiger partial charge in [-0.2, -0.15) is 0 Å². The first kappa shape index (κ1) is 15.3. The highest BCUT2D eigenvalue weighted by molar-refractivity contribution is 5.82. The van der Waals surface area contributed by atoms with Crippen molar-refractivity contribution in [3.05, 3.63) is 0 Å². The first-order valence-electron chi connectivity index (χ1n) is 6.55. The van der Waals surface area contributed by atoms with E-state index in [0.717, 1.165) is 32.4 Å². The lowest BCUT2D eigenvalue weighted by molar-refractivity contribution is -0.119. The summed E-state index contributed by atoms with van der Waals surface area (Å²) in [7, 11) is 1.68. The lowest BCUT2D eigenvalue weighted by Crippen LogP contribution is -2.28. The molecule has 2 unspecified atom stereocenters. The van der Waals surface area contributed by atoms with Crippen LogP contribution in [0.1, 0.15) is 33.1 Å². The molecule has 2 saturated heterocycles. The second-order valence-electron chi connectivity index (χ2n) is 4.92. The molecule has 2 fully saturated rings. The number of rotatable bonds is 3. The summed E-state index contributed by atoms with van der Waals surface area (Å²) in [5, 5.41) is 6.19. The van der Waals surface area contributed by atoms with Crippen LogP contribution in [0.4, 0.5) is 0 Å². The lowest BCUT2D eigenvalue weighted by atomic mass is 10.1. The highest BCUT2D eigenvalue weighted by atomic mass is 16.5. The average Bonchev–Trinajstić information content (AvgIpc) is 3.01. The Labute approximate surface area is 109 Å². The van der Waals surface area contributed by atoms with Gasteiger partial charge in [0.2, 0.25) is 0 Å². The van der Waals surface area contributed by atoms with Gasteiger partial charge in [0, 0.05) is 13.7 Å². The summed E-state index contributed by atoms with van der Waals surface area (Å²) in [5.74, 6) is 0.488. The molecule has 18 heavy (non-hydrogen) atoms. The summed E-state index contributed by atoms with van der Waals surface area (Å²) in [6.45, 7) is 5.07. The zero-order valence-corrected chi connectivity index (χ0v) is 11.5. The maximum absolute atomic E-state index is 10.8. The molecule has 5 heteroatoms. The fourth-order valence-corrected chi connectivity index (χ4v) is 2.22. The zero-order valence-electron chi connectivity index (χ0n) is 11.5. The summed E-state index contributed by atoms with van der Waals surface area (Å²) >= 11 is 0. The molecule has 0 saturated carbocycles. The van der Waals surface area contributed by atoms with Crippen LogP contribution in [0.3, 0.4) is 0 Å². The predicted octanol–water partition coefficient (Wildman–Crippen LogP) is 0.280. The second-order valence-corrected chi connectivity index (χ2v) is 4.92. The Balaban J connectivity index is 0.000000184. The van der Waals surface area contributed by atoms with E-state index in [1.165, 1.54) is 0 Å². The lowest BCUT2D eigenvalue weighted by Gasteiger charge is -2.04. The van der Waals surface area contributed by atoms with Gasteiger partial charge in [-0.3, -0.25) is 9.59 Å². The van der Waals surface area contributed by atoms with Gasteiger partial charge in [-0.1, -0.05) is 0 Å². The van der Waals surface area contributed by atoms with Crippen molar-refractivity contribution in [2.75, 3.05) is 20.2 Å². The number of nitrogens with one attached hydrogen (secondary N) is 2. The van der Waals surface area contributed by atoms with E-state index in [9.17, 15) is 9.59 Å². The summed E-state index contributed by atoms with van der Waals surface area (Å²) in [6.07, 6.45) is 3.25. The molecular formula is C13H24N2O3. The Kier molecular flexibility index (Phi) is 6.46. The summed E-state index contributed by atoms with van der Waals surface area (Å²) in [4.78, 5) is 21.4. The van der Waals surface area contributed by atoms with Crippen LogP contribution in [0.5, 0.6) is 0 Å². The van der Waals surface area contributed by atoms with E-state index in [0.29, 0.717) is 0 Å². The number of Topliss-reactive ketones (excluding diaryl/α,β-unsaturated/α-hetero) is 2. The van der Waals surface area contributed by atoms with E-state index in [1.807, 2.05) is 0 Å². The summed E-state index contributed by atoms with van der Waals surface area (Å²) in [6, 6.07) is 0.208. The van der Waals surface area contributed by atoms with Crippen LogP contribution in [0.25, 0.3) is 0 Å². The number of carbonyl (C=O) groups excluding carboxylic acids is 2. The fourth-order valence-electron chi connectivity index (χ4n) is 2.22. The molecule has 0 amide bonds. The van der Waals surface area contributed by atoms with Crippen LogP contribution in [0.15, 0.2) is 0 Å². The van der Waals surface area contributed by atoms with E-state index in [4.69, 9.17) is 4.74 Å². The predicted molar refractivity (Wildman–Crippen MR) is 69.6 cm³/mol. The Hall–Kier alpha value is -0.780. The molecule has 0 aromatic heterocycles. The monoisotopic (exact) mass is 256 g/mol. The maximum atomic E-state index is 10.8. The molecule has 0 aromatic rings. The van der Waals surface area contributed by atoms with Gasteiger partial charge >= 0.3 is 0 Å². The molecular weight excluding hydrogens is 232 g/mol. The van der Waals surface area contributed by atoms with E-state index in [1.54, 1.807) is 21.0 Å². The largest absolute Gasteiger partial charge is 0.380 e. The molecule has 3 atom stereocenters. The molecule has 0 spiro atoms. The number of methoxy groups -OCH3 is 1. The molecule has 0 aromatic carbocycles. The molecule has 5 nitrogen and oxygen atoms in total. The van der Waals surface area contributed by atoms with E-state index >= 15 is 0 Å². The van der Waals surface area contributed by atoms with Gasteiger partial charge in [0.1, 0.15) is 11.6 Å². The molecule has 104 valence electrons. The number of ether oxygens (including phenoxy) is 1. The van der Waals surface area contributed by atoms with Crippen molar-refractivity contribution in [1.82, 2.24) is 10.6 Å². The van der Waals surface area contributed by atoms with Crippen molar-refractivity contribution in [2.24, 2.45) is 0 Å². The van der Waals surface area contributed by atoms with Crippen LogP contribution in [0.2, 0.25) is 0 Å². The fraction of sp³-hybridized carbons (Fsp3) is 0.846. The first-order valence-corrected chi connectivity index (χ1v) is 6.55. The van der Waals surface area contributed by atoms with Crippen LogP contribution in [0, 0.1) is 0 Å². The van der Waals surface area contributed by atoms with Crippen molar-refractivity contribution < 1.29 is 14.3 Å². The smallest absolute Gasteiger partial charge is 0.146 e. The first-order chi connectivity index (χ1) is 8.54. The van der Waals surface area contributed by atoms with Crippen LogP contribution in [-0.4, -0.2) is 50.0 Å². The minimum absolute atomic E-state index is 0.0324. The summed E-state index contributed by atoms with van der Waals surface area (Å²) < 4.78 is 5.08. The van der Waals surface area contributed by atoms with Crippen molar-refractivity contribution in [3.8, 4) is 0 Å². The van der Waals surface area contributed by atoms with Gasteiger partial charge in [0.25, 0.3) is 0 Å². The number of ketones is 2. The van der Waals surface area contributed by atoms with Gasteiger partial charge in [-0.25, -0.2) is 0 Å². The van der Waals surface area contributed by atoms with Crippen molar-refractivity contribution in [3.63, 3.8) is 0 Å². The average molecular weight is 256 g/mol. The Morgan fingerprint density at radius 3 is 2.06 bits per heavy atom. The van der Waals surface area contributed by atoms with Gasteiger partial charge in [0.05, 0.1) is 18.2 Å². The number of carbonyl (C=O) groups is 2. The molecule has 2 rings (SSSR count). The third-order valence-corrected chi connectivity index (χ3v) is 3.47. The number of hydrogen-bond donors (Lipinski definition) is 2. The normalized spacial score (nSPS) is 30.7. The topological polar surface area (TPSA) is 67.4 Å². The quantitative estimate of drug-likeness (QED) is 0.759.